The van der Waals surface area contributed by atoms with Gasteiger partial charge in [0.2, 0.25) is 0 Å². The maximum absolute atomic E-state index is 11.9. The van der Waals surface area contributed by atoms with Crippen LogP contribution in [-0.4, -0.2) is 43.3 Å². The number of carbonyl (C=O) groups is 1. The van der Waals surface area contributed by atoms with E-state index in [0.29, 0.717) is 12.3 Å². The molecule has 1 fully saturated rings. The van der Waals surface area contributed by atoms with E-state index < -0.39 is 6.09 Å². The topological polar surface area (TPSA) is 50.8 Å². The van der Waals surface area contributed by atoms with Crippen molar-refractivity contribution in [2.24, 2.45) is 0 Å². The van der Waals surface area contributed by atoms with Gasteiger partial charge in [0.1, 0.15) is 11.9 Å². The Labute approximate surface area is 132 Å². The Balaban J connectivity index is 1.77. The monoisotopic (exact) mass is 306 g/mol. The minimum absolute atomic E-state index is 0.117. The van der Waals surface area contributed by atoms with Crippen LogP contribution in [0.15, 0.2) is 24.3 Å². The van der Waals surface area contributed by atoms with Crippen LogP contribution in [0.4, 0.5) is 10.5 Å². The number of benzene rings is 1. The number of nitrogens with one attached hydrogen (secondary N) is 1. The van der Waals surface area contributed by atoms with E-state index in [4.69, 9.17) is 9.47 Å². The minimum atomic E-state index is -0.418. The van der Waals surface area contributed by atoms with Gasteiger partial charge in [-0.3, -0.25) is 10.2 Å². The Hall–Kier alpha value is -1.75. The van der Waals surface area contributed by atoms with Crippen LogP contribution in [0.2, 0.25) is 0 Å². The summed E-state index contributed by atoms with van der Waals surface area (Å²) in [7, 11) is 0. The molecule has 5 nitrogen and oxygen atoms in total. The fraction of sp³-hybridized carbons (Fsp3) is 0.588. The van der Waals surface area contributed by atoms with Gasteiger partial charge in [0, 0.05) is 18.3 Å². The molecular weight excluding hydrogens is 280 g/mol. The third-order valence-electron chi connectivity index (χ3n) is 3.66. The summed E-state index contributed by atoms with van der Waals surface area (Å²) in [6.45, 7) is 7.46. The maximum atomic E-state index is 11.9. The van der Waals surface area contributed by atoms with E-state index in [2.05, 4.69) is 10.2 Å². The molecule has 0 spiro atoms. The fourth-order valence-corrected chi connectivity index (χ4v) is 2.70. The summed E-state index contributed by atoms with van der Waals surface area (Å²) in [6.07, 6.45) is 3.25. The van der Waals surface area contributed by atoms with E-state index in [1.54, 1.807) is 6.07 Å². The molecule has 0 bridgehead atoms. The lowest BCUT2D eigenvalue weighted by Gasteiger charge is -2.28. The predicted molar refractivity (Wildman–Crippen MR) is 87.5 cm³/mol. The summed E-state index contributed by atoms with van der Waals surface area (Å²) in [5.41, 5.74) is 0.682. The summed E-state index contributed by atoms with van der Waals surface area (Å²) in [5, 5.41) is 2.75. The Kier molecular flexibility index (Phi) is 6.52. The van der Waals surface area contributed by atoms with Crippen LogP contribution in [0.25, 0.3) is 0 Å². The van der Waals surface area contributed by atoms with Gasteiger partial charge in [0.15, 0.2) is 0 Å². The largest absolute Gasteiger partial charge is 0.494 e. The van der Waals surface area contributed by atoms with E-state index in [9.17, 15) is 4.79 Å². The van der Waals surface area contributed by atoms with Crippen LogP contribution >= 0.6 is 0 Å². The highest BCUT2D eigenvalue weighted by Crippen LogP contribution is 2.17. The number of amides is 1. The number of anilines is 1. The molecule has 1 atom stereocenters. The molecule has 1 aromatic rings. The van der Waals surface area contributed by atoms with E-state index in [1.165, 1.54) is 19.3 Å². The zero-order valence-corrected chi connectivity index (χ0v) is 13.5. The Morgan fingerprint density at radius 3 is 2.82 bits per heavy atom. The maximum Gasteiger partial charge on any atom is 0.411 e. The highest BCUT2D eigenvalue weighted by Gasteiger charge is 2.16. The van der Waals surface area contributed by atoms with Crippen molar-refractivity contribution >= 4 is 11.8 Å². The average Bonchev–Trinajstić information content (AvgIpc) is 2.48. The third kappa shape index (κ3) is 5.56. The highest BCUT2D eigenvalue weighted by molar-refractivity contribution is 5.84. The average molecular weight is 306 g/mol. The van der Waals surface area contributed by atoms with Gasteiger partial charge in [-0.2, -0.15) is 0 Å². The van der Waals surface area contributed by atoms with Crippen molar-refractivity contribution < 1.29 is 14.3 Å². The zero-order chi connectivity index (χ0) is 15.8. The molecule has 122 valence electrons. The number of hydrogen-bond acceptors (Lipinski definition) is 4. The quantitative estimate of drug-likeness (QED) is 0.874. The molecular formula is C17H26N2O3. The first-order valence-corrected chi connectivity index (χ1v) is 8.10. The van der Waals surface area contributed by atoms with Gasteiger partial charge < -0.3 is 9.47 Å². The van der Waals surface area contributed by atoms with Gasteiger partial charge in [-0.05, 0) is 51.9 Å². The molecule has 1 heterocycles. The number of carbonyl (C=O) groups excluding carboxylic acids is 1. The number of rotatable bonds is 6. The van der Waals surface area contributed by atoms with Crippen molar-refractivity contribution in [3.63, 3.8) is 0 Å². The van der Waals surface area contributed by atoms with Gasteiger partial charge >= 0.3 is 6.09 Å². The summed E-state index contributed by atoms with van der Waals surface area (Å²) < 4.78 is 10.8. The molecule has 0 aromatic heterocycles. The molecule has 0 saturated carbocycles. The van der Waals surface area contributed by atoms with Gasteiger partial charge in [-0.25, -0.2) is 4.79 Å². The van der Waals surface area contributed by atoms with Crippen molar-refractivity contribution in [1.29, 1.82) is 0 Å². The van der Waals surface area contributed by atoms with Gasteiger partial charge in [-0.1, -0.05) is 12.5 Å². The summed E-state index contributed by atoms with van der Waals surface area (Å²) in [6, 6.07) is 7.32. The second-order valence-corrected chi connectivity index (χ2v) is 5.66. The Morgan fingerprint density at radius 1 is 1.32 bits per heavy atom. The molecule has 1 aliphatic heterocycles. The molecule has 0 unspecified atom stereocenters. The second-order valence-electron chi connectivity index (χ2n) is 5.66. The number of likely N-dealkylation sites (tertiary alicyclic amines) is 1. The Bertz CT molecular complexity index is 473. The first kappa shape index (κ1) is 16.6. The zero-order valence-electron chi connectivity index (χ0n) is 13.5. The number of ether oxygens (including phenoxy) is 2. The minimum Gasteiger partial charge on any atom is -0.494 e. The summed E-state index contributed by atoms with van der Waals surface area (Å²) in [5.74, 6) is 0.738. The molecule has 1 N–H and O–H groups in total. The molecule has 0 radical (unpaired) electrons. The van der Waals surface area contributed by atoms with Crippen molar-refractivity contribution in [3.8, 4) is 5.75 Å². The fourth-order valence-electron chi connectivity index (χ4n) is 2.70. The van der Waals surface area contributed by atoms with Gasteiger partial charge in [0.05, 0.1) is 6.61 Å². The van der Waals surface area contributed by atoms with Crippen LogP contribution in [-0.2, 0) is 4.74 Å². The van der Waals surface area contributed by atoms with Crippen molar-refractivity contribution in [2.75, 3.05) is 31.6 Å². The SMILES string of the molecule is CCOc1cccc(NC(=O)O[C@@H](C)CN2CCCCC2)c1. The molecule has 1 amide bonds. The van der Waals surface area contributed by atoms with Crippen LogP contribution in [0.3, 0.4) is 0 Å². The molecule has 1 aromatic carbocycles. The van der Waals surface area contributed by atoms with Crippen LogP contribution < -0.4 is 10.1 Å². The molecule has 5 heteroatoms. The number of nitrogens with zero attached hydrogens (tertiary/aromatic N) is 1. The van der Waals surface area contributed by atoms with Crippen molar-refractivity contribution in [3.05, 3.63) is 24.3 Å². The van der Waals surface area contributed by atoms with E-state index in [0.717, 1.165) is 25.4 Å². The van der Waals surface area contributed by atoms with Crippen LogP contribution in [0.5, 0.6) is 5.75 Å². The molecule has 2 rings (SSSR count). The summed E-state index contributed by atoms with van der Waals surface area (Å²) >= 11 is 0. The standard InChI is InChI=1S/C17H26N2O3/c1-3-21-16-9-7-8-15(12-16)18-17(20)22-14(2)13-19-10-5-4-6-11-19/h7-9,12,14H,3-6,10-11,13H2,1-2H3,(H,18,20)/t14-/m0/s1. The van der Waals surface area contributed by atoms with Crippen LogP contribution in [0, 0.1) is 0 Å². The predicted octanol–water partition coefficient (Wildman–Crippen LogP) is 3.51. The van der Waals surface area contributed by atoms with E-state index in [-0.39, 0.29) is 6.10 Å². The number of piperidine rings is 1. The normalized spacial score (nSPS) is 16.8. The lowest BCUT2D eigenvalue weighted by atomic mass is 10.1. The second kappa shape index (κ2) is 8.63. The van der Waals surface area contributed by atoms with Gasteiger partial charge in [0.25, 0.3) is 0 Å². The van der Waals surface area contributed by atoms with Crippen molar-refractivity contribution in [2.45, 2.75) is 39.2 Å². The smallest absolute Gasteiger partial charge is 0.411 e. The first-order chi connectivity index (χ1) is 10.7. The molecule has 22 heavy (non-hydrogen) atoms. The molecule has 1 aliphatic rings. The molecule has 1 saturated heterocycles. The van der Waals surface area contributed by atoms with Gasteiger partial charge in [-0.15, -0.1) is 0 Å². The number of hydrogen-bond donors (Lipinski definition) is 1. The van der Waals surface area contributed by atoms with Crippen LogP contribution in [0.1, 0.15) is 33.1 Å². The first-order valence-electron chi connectivity index (χ1n) is 8.10. The lowest BCUT2D eigenvalue weighted by Crippen LogP contribution is -2.37. The summed E-state index contributed by atoms with van der Waals surface area (Å²) in [4.78, 5) is 14.3. The van der Waals surface area contributed by atoms with E-state index >= 15 is 0 Å². The van der Waals surface area contributed by atoms with E-state index in [1.807, 2.05) is 32.0 Å². The molecule has 0 aliphatic carbocycles. The highest BCUT2D eigenvalue weighted by atomic mass is 16.6. The van der Waals surface area contributed by atoms with Crippen molar-refractivity contribution in [1.82, 2.24) is 4.90 Å². The Morgan fingerprint density at radius 2 is 2.09 bits per heavy atom. The third-order valence-corrected chi connectivity index (χ3v) is 3.66. The lowest BCUT2D eigenvalue weighted by molar-refractivity contribution is 0.0833.